The van der Waals surface area contributed by atoms with Crippen molar-refractivity contribution >= 4 is 55.8 Å². The minimum Gasteiger partial charge on any atom is -0.320 e. The molecule has 0 aliphatic carbocycles. The lowest BCUT2D eigenvalue weighted by atomic mass is 10.1. The zero-order chi connectivity index (χ0) is 19.6. The molecule has 27 heavy (non-hydrogen) atoms. The van der Waals surface area contributed by atoms with Crippen LogP contribution in [0.3, 0.4) is 0 Å². The van der Waals surface area contributed by atoms with Crippen molar-refractivity contribution in [2.75, 3.05) is 31.3 Å². The molecule has 140 valence electrons. The van der Waals surface area contributed by atoms with E-state index in [1.165, 1.54) is 11.3 Å². The summed E-state index contributed by atoms with van der Waals surface area (Å²) in [5.74, 6) is -0.383. The van der Waals surface area contributed by atoms with E-state index in [0.29, 0.717) is 21.4 Å². The highest BCUT2D eigenvalue weighted by Crippen LogP contribution is 2.29. The number of nitrogens with one attached hydrogen (secondary N) is 2. The van der Waals surface area contributed by atoms with E-state index in [-0.39, 0.29) is 18.4 Å². The van der Waals surface area contributed by atoms with E-state index in [1.54, 1.807) is 29.2 Å². The molecular weight excluding hydrogens is 384 g/mol. The minimum atomic E-state index is -0.250. The number of halogens is 1. The average Bonchev–Trinajstić information content (AvgIpc) is 2.98. The molecule has 1 heterocycles. The second kappa shape index (κ2) is 8.04. The molecule has 0 bridgehead atoms. The fraction of sp³-hybridized carbons (Fsp3) is 0.211. The molecule has 6 nitrogen and oxygen atoms in total. The molecule has 2 amide bonds. The molecular formula is C19H19ClN4O2S. The SMILES string of the molecule is Cc1cccc(Cl)c1NC(=O)c1ccc2nc(NC(=O)CN(C)C)sc2c1. The largest absolute Gasteiger partial charge is 0.320 e. The molecule has 1 aromatic heterocycles. The van der Waals surface area contributed by atoms with E-state index in [0.717, 1.165) is 15.8 Å². The summed E-state index contributed by atoms with van der Waals surface area (Å²) in [5, 5.41) is 6.64. The number of fused-ring (bicyclic) bond motifs is 1. The molecule has 0 aliphatic heterocycles. The standard InChI is InChI=1S/C19H19ClN4O2S/c1-11-5-4-6-13(20)17(11)23-18(26)12-7-8-14-15(9-12)27-19(21-14)22-16(25)10-24(2)3/h4-9H,10H2,1-3H3,(H,23,26)(H,21,22,25). The summed E-state index contributed by atoms with van der Waals surface area (Å²) in [6.07, 6.45) is 0. The first-order chi connectivity index (χ1) is 12.8. The van der Waals surface area contributed by atoms with Gasteiger partial charge in [0.15, 0.2) is 5.13 Å². The predicted molar refractivity (Wildman–Crippen MR) is 111 cm³/mol. The van der Waals surface area contributed by atoms with Crippen molar-refractivity contribution in [1.29, 1.82) is 0 Å². The van der Waals surface area contributed by atoms with Crippen LogP contribution in [-0.4, -0.2) is 42.3 Å². The smallest absolute Gasteiger partial charge is 0.255 e. The Morgan fingerprint density at radius 3 is 2.67 bits per heavy atom. The van der Waals surface area contributed by atoms with E-state index in [1.807, 2.05) is 33.2 Å². The molecule has 3 aromatic rings. The van der Waals surface area contributed by atoms with Crippen molar-refractivity contribution in [3.8, 4) is 0 Å². The summed E-state index contributed by atoms with van der Waals surface area (Å²) in [5.41, 5.74) is 2.72. The Labute approximate surface area is 166 Å². The number of aryl methyl sites for hydroxylation is 1. The fourth-order valence-corrected chi connectivity index (χ4v) is 3.73. The third-order valence-corrected chi connectivity index (χ3v) is 5.07. The third-order valence-electron chi connectivity index (χ3n) is 3.82. The van der Waals surface area contributed by atoms with Gasteiger partial charge in [-0.3, -0.25) is 9.59 Å². The van der Waals surface area contributed by atoms with E-state index in [2.05, 4.69) is 15.6 Å². The number of para-hydroxylation sites is 1. The number of rotatable bonds is 5. The molecule has 0 spiro atoms. The lowest BCUT2D eigenvalue weighted by molar-refractivity contribution is -0.116. The Kier molecular flexibility index (Phi) is 5.74. The van der Waals surface area contributed by atoms with Crippen LogP contribution in [0.1, 0.15) is 15.9 Å². The molecule has 0 aliphatic rings. The number of hydrogen-bond donors (Lipinski definition) is 2. The van der Waals surface area contributed by atoms with Crippen LogP contribution in [0, 0.1) is 6.92 Å². The summed E-state index contributed by atoms with van der Waals surface area (Å²) in [7, 11) is 3.65. The minimum absolute atomic E-state index is 0.133. The lowest BCUT2D eigenvalue weighted by Gasteiger charge is -2.10. The van der Waals surface area contributed by atoms with Crippen LogP contribution in [0.2, 0.25) is 5.02 Å². The number of carbonyl (C=O) groups excluding carboxylic acids is 2. The molecule has 0 saturated heterocycles. The van der Waals surface area contributed by atoms with E-state index < -0.39 is 0 Å². The van der Waals surface area contributed by atoms with Gasteiger partial charge in [-0.1, -0.05) is 35.1 Å². The predicted octanol–water partition coefficient (Wildman–Crippen LogP) is 4.01. The summed E-state index contributed by atoms with van der Waals surface area (Å²) in [6, 6.07) is 10.7. The van der Waals surface area contributed by atoms with Crippen LogP contribution in [-0.2, 0) is 4.79 Å². The van der Waals surface area contributed by atoms with Gasteiger partial charge in [0, 0.05) is 5.56 Å². The van der Waals surface area contributed by atoms with Crippen LogP contribution in [0.15, 0.2) is 36.4 Å². The van der Waals surface area contributed by atoms with Crippen molar-refractivity contribution in [1.82, 2.24) is 9.88 Å². The van der Waals surface area contributed by atoms with E-state index >= 15 is 0 Å². The number of benzene rings is 2. The molecule has 0 unspecified atom stereocenters. The maximum atomic E-state index is 12.6. The normalized spacial score (nSPS) is 11.0. The van der Waals surface area contributed by atoms with Crippen molar-refractivity contribution in [2.24, 2.45) is 0 Å². The fourth-order valence-electron chi connectivity index (χ4n) is 2.54. The summed E-state index contributed by atoms with van der Waals surface area (Å²) < 4.78 is 0.818. The Morgan fingerprint density at radius 2 is 1.96 bits per heavy atom. The van der Waals surface area contributed by atoms with Gasteiger partial charge in [-0.25, -0.2) is 4.98 Å². The van der Waals surface area contributed by atoms with Gasteiger partial charge in [0.25, 0.3) is 5.91 Å². The van der Waals surface area contributed by atoms with Crippen LogP contribution in [0.25, 0.3) is 10.2 Å². The quantitative estimate of drug-likeness (QED) is 0.676. The summed E-state index contributed by atoms with van der Waals surface area (Å²) in [6.45, 7) is 2.16. The highest BCUT2D eigenvalue weighted by Gasteiger charge is 2.13. The highest BCUT2D eigenvalue weighted by atomic mass is 35.5. The number of amides is 2. The van der Waals surface area contributed by atoms with Crippen LogP contribution in [0.5, 0.6) is 0 Å². The molecule has 0 radical (unpaired) electrons. The molecule has 3 rings (SSSR count). The van der Waals surface area contributed by atoms with Crippen LogP contribution in [0.4, 0.5) is 10.8 Å². The molecule has 0 fully saturated rings. The van der Waals surface area contributed by atoms with E-state index in [9.17, 15) is 9.59 Å². The lowest BCUT2D eigenvalue weighted by Crippen LogP contribution is -2.26. The van der Waals surface area contributed by atoms with Gasteiger partial charge in [-0.2, -0.15) is 0 Å². The maximum absolute atomic E-state index is 12.6. The maximum Gasteiger partial charge on any atom is 0.255 e. The van der Waals surface area contributed by atoms with Gasteiger partial charge < -0.3 is 15.5 Å². The van der Waals surface area contributed by atoms with Gasteiger partial charge in [-0.15, -0.1) is 0 Å². The topological polar surface area (TPSA) is 74.3 Å². The van der Waals surface area contributed by atoms with Crippen LogP contribution < -0.4 is 10.6 Å². The third kappa shape index (κ3) is 4.63. The Balaban J connectivity index is 1.80. The number of carbonyl (C=O) groups is 2. The molecule has 2 aromatic carbocycles. The Morgan fingerprint density at radius 1 is 1.19 bits per heavy atom. The second-order valence-electron chi connectivity index (χ2n) is 6.37. The Hall–Kier alpha value is -2.48. The van der Waals surface area contributed by atoms with Gasteiger partial charge in [0.05, 0.1) is 27.5 Å². The summed E-state index contributed by atoms with van der Waals surface area (Å²) in [4.78, 5) is 30.7. The van der Waals surface area contributed by atoms with Crippen LogP contribution >= 0.6 is 22.9 Å². The highest BCUT2D eigenvalue weighted by molar-refractivity contribution is 7.22. The first-order valence-electron chi connectivity index (χ1n) is 8.25. The number of hydrogen-bond acceptors (Lipinski definition) is 5. The zero-order valence-electron chi connectivity index (χ0n) is 15.2. The molecule has 0 saturated carbocycles. The monoisotopic (exact) mass is 402 g/mol. The zero-order valence-corrected chi connectivity index (χ0v) is 16.7. The van der Waals surface area contributed by atoms with Crippen molar-refractivity contribution in [3.63, 3.8) is 0 Å². The van der Waals surface area contributed by atoms with E-state index in [4.69, 9.17) is 11.6 Å². The van der Waals surface area contributed by atoms with Gasteiger partial charge >= 0.3 is 0 Å². The molecule has 2 N–H and O–H groups in total. The number of aromatic nitrogens is 1. The molecule has 0 atom stereocenters. The number of likely N-dealkylation sites (N-methyl/N-ethyl adjacent to an activating group) is 1. The first-order valence-corrected chi connectivity index (χ1v) is 9.44. The second-order valence-corrected chi connectivity index (χ2v) is 7.81. The number of thiazole rings is 1. The van der Waals surface area contributed by atoms with Crippen molar-refractivity contribution in [3.05, 3.63) is 52.5 Å². The molecule has 8 heteroatoms. The van der Waals surface area contributed by atoms with Crippen molar-refractivity contribution in [2.45, 2.75) is 6.92 Å². The average molecular weight is 403 g/mol. The first kappa shape index (κ1) is 19.3. The summed E-state index contributed by atoms with van der Waals surface area (Å²) >= 11 is 7.51. The Bertz CT molecular complexity index is 996. The van der Waals surface area contributed by atoms with Gasteiger partial charge in [0.2, 0.25) is 5.91 Å². The van der Waals surface area contributed by atoms with Crippen molar-refractivity contribution < 1.29 is 9.59 Å². The van der Waals surface area contributed by atoms with Gasteiger partial charge in [0.1, 0.15) is 0 Å². The number of anilines is 2. The van der Waals surface area contributed by atoms with Gasteiger partial charge in [-0.05, 0) is 50.8 Å². The number of nitrogens with zero attached hydrogens (tertiary/aromatic N) is 2.